The average molecular weight is 363 g/mol. The molecule has 134 valence electrons. The summed E-state index contributed by atoms with van der Waals surface area (Å²) in [5.74, 6) is 0. The molecule has 0 saturated carbocycles. The molecule has 0 spiro atoms. The summed E-state index contributed by atoms with van der Waals surface area (Å²) in [6.45, 7) is 4.20. The number of fused-ring (bicyclic) bond motifs is 3. The van der Waals surface area contributed by atoms with Crippen LogP contribution in [-0.4, -0.2) is 50.6 Å². The van der Waals surface area contributed by atoms with Crippen molar-refractivity contribution in [1.29, 1.82) is 0 Å². The van der Waals surface area contributed by atoms with Gasteiger partial charge in [0, 0.05) is 24.7 Å². The highest BCUT2D eigenvalue weighted by Gasteiger charge is 2.33. The molecule has 1 saturated heterocycles. The topological polar surface area (TPSA) is 104 Å². The van der Waals surface area contributed by atoms with Crippen LogP contribution in [-0.2, 0) is 10.0 Å². The molecule has 4 heterocycles. The van der Waals surface area contributed by atoms with Crippen LogP contribution in [0.5, 0.6) is 0 Å². The molecule has 0 radical (unpaired) electrons. The SMILES string of the molecule is CC(C)S(=O)(=O)N1CCC[C@@H](n2c(=O)[nH]c3cnc4[nH]ccc4c32)C1. The molecule has 1 aliphatic heterocycles. The molecular formula is C16H21N5O3S. The standard InChI is InChI=1S/C16H21N5O3S/c1-10(2)25(23,24)20-7-3-4-11(9-20)21-14-12-5-6-17-15(12)18-8-13(14)19-16(21)22/h5-6,8,10-11H,3-4,7,9H2,1-2H3,(H,17,18)(H,19,22)/t11-/m1/s1. The first-order chi connectivity index (χ1) is 11.9. The zero-order valence-electron chi connectivity index (χ0n) is 14.2. The minimum absolute atomic E-state index is 0.191. The summed E-state index contributed by atoms with van der Waals surface area (Å²) in [7, 11) is -3.33. The number of imidazole rings is 1. The molecule has 3 aromatic rings. The second-order valence-corrected chi connectivity index (χ2v) is 9.30. The zero-order valence-corrected chi connectivity index (χ0v) is 15.0. The van der Waals surface area contributed by atoms with E-state index >= 15 is 0 Å². The average Bonchev–Trinajstić information content (AvgIpc) is 3.17. The second kappa shape index (κ2) is 5.70. The van der Waals surface area contributed by atoms with Gasteiger partial charge in [-0.25, -0.2) is 18.2 Å². The zero-order chi connectivity index (χ0) is 17.8. The Balaban J connectivity index is 1.83. The second-order valence-electron chi connectivity index (χ2n) is 6.81. The predicted octanol–water partition coefficient (Wildman–Crippen LogP) is 1.58. The lowest BCUT2D eigenvalue weighted by Crippen LogP contribution is -2.44. The molecular weight excluding hydrogens is 342 g/mol. The van der Waals surface area contributed by atoms with E-state index in [1.165, 1.54) is 4.31 Å². The number of nitrogens with one attached hydrogen (secondary N) is 2. The third-order valence-corrected chi connectivity index (χ3v) is 7.18. The van der Waals surface area contributed by atoms with Gasteiger partial charge < -0.3 is 9.97 Å². The molecule has 0 amide bonds. The van der Waals surface area contributed by atoms with E-state index in [2.05, 4.69) is 15.0 Å². The Kier molecular flexibility index (Phi) is 3.73. The molecule has 9 heteroatoms. The molecule has 8 nitrogen and oxygen atoms in total. The van der Waals surface area contributed by atoms with E-state index in [0.29, 0.717) is 24.3 Å². The van der Waals surface area contributed by atoms with E-state index < -0.39 is 15.3 Å². The Morgan fingerprint density at radius 3 is 2.92 bits per heavy atom. The Morgan fingerprint density at radius 1 is 1.36 bits per heavy atom. The number of sulfonamides is 1. The number of piperidine rings is 1. The van der Waals surface area contributed by atoms with Gasteiger partial charge in [-0.15, -0.1) is 0 Å². The minimum Gasteiger partial charge on any atom is -0.346 e. The van der Waals surface area contributed by atoms with Gasteiger partial charge in [0.2, 0.25) is 10.0 Å². The summed E-state index contributed by atoms with van der Waals surface area (Å²) in [4.78, 5) is 22.8. The van der Waals surface area contributed by atoms with Crippen molar-refractivity contribution in [2.45, 2.75) is 38.0 Å². The fourth-order valence-electron chi connectivity index (χ4n) is 3.63. The summed E-state index contributed by atoms with van der Waals surface area (Å²) >= 11 is 0. The number of hydrogen-bond donors (Lipinski definition) is 2. The first-order valence-corrected chi connectivity index (χ1v) is 9.95. The van der Waals surface area contributed by atoms with Crippen molar-refractivity contribution in [3.05, 3.63) is 28.9 Å². The first-order valence-electron chi connectivity index (χ1n) is 8.45. The molecule has 1 atom stereocenters. The van der Waals surface area contributed by atoms with Crippen molar-refractivity contribution < 1.29 is 8.42 Å². The Bertz CT molecular complexity index is 1090. The number of nitrogens with zero attached hydrogens (tertiary/aromatic N) is 3. The van der Waals surface area contributed by atoms with Crippen molar-refractivity contribution in [2.24, 2.45) is 0 Å². The van der Waals surface area contributed by atoms with Crippen LogP contribution in [0.15, 0.2) is 23.3 Å². The van der Waals surface area contributed by atoms with Gasteiger partial charge in [0.25, 0.3) is 0 Å². The van der Waals surface area contributed by atoms with Crippen molar-refractivity contribution in [1.82, 2.24) is 23.8 Å². The van der Waals surface area contributed by atoms with Gasteiger partial charge in [-0.05, 0) is 32.8 Å². The van der Waals surface area contributed by atoms with Crippen LogP contribution >= 0.6 is 0 Å². The predicted molar refractivity (Wildman–Crippen MR) is 96.1 cm³/mol. The van der Waals surface area contributed by atoms with E-state index in [4.69, 9.17) is 0 Å². The van der Waals surface area contributed by atoms with Gasteiger partial charge in [0.15, 0.2) is 0 Å². The van der Waals surface area contributed by atoms with Crippen molar-refractivity contribution in [2.75, 3.05) is 13.1 Å². The lowest BCUT2D eigenvalue weighted by molar-refractivity contribution is 0.266. The fourth-order valence-corrected chi connectivity index (χ4v) is 4.99. The quantitative estimate of drug-likeness (QED) is 0.737. The van der Waals surface area contributed by atoms with Crippen molar-refractivity contribution >= 4 is 32.1 Å². The van der Waals surface area contributed by atoms with Crippen LogP contribution in [0.2, 0.25) is 0 Å². The highest BCUT2D eigenvalue weighted by Crippen LogP contribution is 2.29. The third kappa shape index (κ3) is 2.49. The van der Waals surface area contributed by atoms with Crippen LogP contribution < -0.4 is 5.69 Å². The lowest BCUT2D eigenvalue weighted by atomic mass is 10.1. The molecule has 0 unspecified atom stereocenters. The van der Waals surface area contributed by atoms with Crippen LogP contribution in [0, 0.1) is 0 Å². The van der Waals surface area contributed by atoms with E-state index in [-0.39, 0.29) is 11.7 Å². The fraction of sp³-hybridized carbons (Fsp3) is 0.500. The number of aromatic nitrogens is 4. The van der Waals surface area contributed by atoms with Gasteiger partial charge in [0.1, 0.15) is 5.65 Å². The molecule has 2 N–H and O–H groups in total. The maximum absolute atomic E-state index is 12.6. The van der Waals surface area contributed by atoms with Gasteiger partial charge in [-0.2, -0.15) is 4.31 Å². The summed E-state index contributed by atoms with van der Waals surface area (Å²) in [6.07, 6.45) is 4.93. The van der Waals surface area contributed by atoms with E-state index in [9.17, 15) is 13.2 Å². The summed E-state index contributed by atoms with van der Waals surface area (Å²) < 4.78 is 28.3. The molecule has 4 rings (SSSR count). The number of H-pyrrole nitrogens is 2. The van der Waals surface area contributed by atoms with E-state index in [0.717, 1.165) is 23.7 Å². The van der Waals surface area contributed by atoms with Crippen LogP contribution in [0.1, 0.15) is 32.7 Å². The van der Waals surface area contributed by atoms with E-state index in [1.54, 1.807) is 30.8 Å². The molecule has 3 aromatic heterocycles. The maximum atomic E-state index is 12.6. The molecule has 25 heavy (non-hydrogen) atoms. The van der Waals surface area contributed by atoms with Gasteiger partial charge >= 0.3 is 5.69 Å². The van der Waals surface area contributed by atoms with Crippen molar-refractivity contribution in [3.8, 4) is 0 Å². The minimum atomic E-state index is -3.33. The Hall–Kier alpha value is -2.13. The normalized spacial score (nSPS) is 20.0. The van der Waals surface area contributed by atoms with Crippen LogP contribution in [0.25, 0.3) is 22.1 Å². The Labute approximate surface area is 144 Å². The molecule has 0 bridgehead atoms. The number of rotatable bonds is 3. The van der Waals surface area contributed by atoms with Gasteiger partial charge in [-0.3, -0.25) is 4.57 Å². The maximum Gasteiger partial charge on any atom is 0.326 e. The third-order valence-electron chi connectivity index (χ3n) is 4.94. The summed E-state index contributed by atoms with van der Waals surface area (Å²) in [6, 6.07) is 1.70. The summed E-state index contributed by atoms with van der Waals surface area (Å²) in [5.41, 5.74) is 1.94. The number of hydrogen-bond acceptors (Lipinski definition) is 4. The Morgan fingerprint density at radius 2 is 2.16 bits per heavy atom. The van der Waals surface area contributed by atoms with Crippen LogP contribution in [0.4, 0.5) is 0 Å². The van der Waals surface area contributed by atoms with Gasteiger partial charge in [-0.1, -0.05) is 0 Å². The monoisotopic (exact) mass is 363 g/mol. The van der Waals surface area contributed by atoms with Crippen molar-refractivity contribution in [3.63, 3.8) is 0 Å². The highest BCUT2D eigenvalue weighted by molar-refractivity contribution is 7.89. The molecule has 0 aromatic carbocycles. The summed E-state index contributed by atoms with van der Waals surface area (Å²) in [5, 5.41) is 0.395. The number of pyridine rings is 1. The van der Waals surface area contributed by atoms with E-state index in [1.807, 2.05) is 6.07 Å². The molecule has 1 aliphatic rings. The molecule has 0 aliphatic carbocycles. The van der Waals surface area contributed by atoms with Crippen LogP contribution in [0.3, 0.4) is 0 Å². The number of aromatic amines is 2. The highest BCUT2D eigenvalue weighted by atomic mass is 32.2. The van der Waals surface area contributed by atoms with Gasteiger partial charge in [0.05, 0.1) is 28.5 Å². The molecule has 1 fully saturated rings. The largest absolute Gasteiger partial charge is 0.346 e. The first kappa shape index (κ1) is 16.3. The lowest BCUT2D eigenvalue weighted by Gasteiger charge is -2.33. The smallest absolute Gasteiger partial charge is 0.326 e.